The van der Waals surface area contributed by atoms with Gasteiger partial charge in [0, 0.05) is 16.8 Å². The van der Waals surface area contributed by atoms with Crippen LogP contribution in [0.5, 0.6) is 0 Å². The number of furan rings is 1. The number of nitrogens with zero attached hydrogens (tertiary/aromatic N) is 2. The number of pyridine rings is 1. The normalized spacial score (nSPS) is 11.3. The van der Waals surface area contributed by atoms with Crippen LogP contribution in [0.3, 0.4) is 0 Å². The minimum Gasteiger partial charge on any atom is -0.466 e. The highest BCUT2D eigenvalue weighted by atomic mass is 16.3. The second kappa shape index (κ2) is 5.69. The van der Waals surface area contributed by atoms with Crippen LogP contribution in [0.1, 0.15) is 5.56 Å². The minimum absolute atomic E-state index is 0.551. The molecule has 0 aliphatic rings. The Balaban J connectivity index is 2.00. The van der Waals surface area contributed by atoms with Crippen LogP contribution in [0, 0.1) is 13.5 Å². The Labute approximate surface area is 156 Å². The van der Waals surface area contributed by atoms with Gasteiger partial charge in [0.05, 0.1) is 17.5 Å². The fraction of sp³-hybridized carbons (Fsp3) is 0.0833. The van der Waals surface area contributed by atoms with Crippen LogP contribution >= 0.6 is 0 Å². The van der Waals surface area contributed by atoms with Gasteiger partial charge in [0.25, 0.3) is 0 Å². The molecule has 0 aliphatic carbocycles. The number of aromatic nitrogens is 1. The Morgan fingerprint density at radius 3 is 2.48 bits per heavy atom. The minimum atomic E-state index is 0.551. The van der Waals surface area contributed by atoms with Gasteiger partial charge in [-0.1, -0.05) is 48.5 Å². The van der Waals surface area contributed by atoms with Crippen molar-refractivity contribution in [1.29, 1.82) is 0 Å². The lowest BCUT2D eigenvalue weighted by atomic mass is 9.97. The summed E-state index contributed by atoms with van der Waals surface area (Å²) >= 11 is 0. The third-order valence-corrected chi connectivity index (χ3v) is 5.26. The average Bonchev–Trinajstić information content (AvgIpc) is 3.07. The molecule has 128 valence electrons. The molecule has 5 rings (SSSR count). The average molecular weight is 349 g/mol. The first-order chi connectivity index (χ1) is 13.2. The van der Waals surface area contributed by atoms with Crippen LogP contribution in [0.2, 0.25) is 0 Å². The van der Waals surface area contributed by atoms with Crippen LogP contribution in [0.4, 0.5) is 5.69 Å². The highest BCUT2D eigenvalue weighted by Gasteiger charge is 2.23. The van der Waals surface area contributed by atoms with E-state index in [1.165, 1.54) is 10.8 Å². The zero-order valence-corrected chi connectivity index (χ0v) is 15.2. The number of rotatable bonds is 1. The second-order valence-electron chi connectivity index (χ2n) is 6.86. The van der Waals surface area contributed by atoms with E-state index in [9.17, 15) is 0 Å². The molecular formula is C24H17N2O+. The third kappa shape index (κ3) is 2.17. The summed E-state index contributed by atoms with van der Waals surface area (Å²) in [5, 5.41) is 4.41. The summed E-state index contributed by atoms with van der Waals surface area (Å²) in [6, 6.07) is 20.5. The van der Waals surface area contributed by atoms with E-state index < -0.39 is 0 Å². The van der Waals surface area contributed by atoms with Crippen molar-refractivity contribution in [2.75, 3.05) is 0 Å². The van der Waals surface area contributed by atoms with Gasteiger partial charge in [0.15, 0.2) is 6.20 Å². The zero-order chi connectivity index (χ0) is 18.5. The quantitative estimate of drug-likeness (QED) is 0.265. The molecule has 2 aromatic heterocycles. The zero-order valence-electron chi connectivity index (χ0n) is 15.2. The van der Waals surface area contributed by atoms with Gasteiger partial charge in [-0.15, -0.1) is 0 Å². The van der Waals surface area contributed by atoms with Gasteiger partial charge >= 0.3 is 0 Å². The standard InChI is InChI=1S/C24H17N2O/c1-15-11-12-19-18-9-6-10-20(25-2)23(18)27-24(19)21(15)22-17-8-5-4-7-16(17)13-14-26(22)3/h4-14H,1,3H3/q+1. The second-order valence-corrected chi connectivity index (χ2v) is 6.86. The van der Waals surface area contributed by atoms with E-state index in [2.05, 4.69) is 72.0 Å². The lowest BCUT2D eigenvalue weighted by molar-refractivity contribution is -0.659. The first kappa shape index (κ1) is 15.6. The molecular weight excluding hydrogens is 332 g/mol. The molecule has 3 aromatic carbocycles. The van der Waals surface area contributed by atoms with Crippen LogP contribution in [-0.2, 0) is 7.05 Å². The molecule has 0 N–H and O–H groups in total. The van der Waals surface area contributed by atoms with E-state index in [0.717, 1.165) is 33.2 Å². The van der Waals surface area contributed by atoms with Gasteiger partial charge < -0.3 is 4.42 Å². The smallest absolute Gasteiger partial charge is 0.229 e. The molecule has 0 radical (unpaired) electrons. The Bertz CT molecular complexity index is 1400. The molecule has 5 aromatic rings. The number of hydrogen-bond acceptors (Lipinski definition) is 1. The fourth-order valence-corrected chi connectivity index (χ4v) is 3.95. The van der Waals surface area contributed by atoms with E-state index in [-0.39, 0.29) is 0 Å². The summed E-state index contributed by atoms with van der Waals surface area (Å²) in [5.74, 6) is 0. The van der Waals surface area contributed by atoms with Gasteiger partial charge in [0.1, 0.15) is 18.2 Å². The van der Waals surface area contributed by atoms with Gasteiger partial charge in [-0.25, -0.2) is 9.41 Å². The predicted octanol–water partition coefficient (Wildman–Crippen LogP) is 6.09. The summed E-state index contributed by atoms with van der Waals surface area (Å²) in [7, 11) is 2.06. The third-order valence-electron chi connectivity index (χ3n) is 5.26. The molecule has 3 nitrogen and oxygen atoms in total. The number of hydrogen-bond donors (Lipinski definition) is 0. The van der Waals surface area contributed by atoms with E-state index in [4.69, 9.17) is 11.0 Å². The number of para-hydroxylation sites is 1. The summed E-state index contributed by atoms with van der Waals surface area (Å²) in [4.78, 5) is 3.64. The van der Waals surface area contributed by atoms with Crippen molar-refractivity contribution in [3.8, 4) is 11.3 Å². The molecule has 0 amide bonds. The Morgan fingerprint density at radius 2 is 1.63 bits per heavy atom. The first-order valence-electron chi connectivity index (χ1n) is 8.89. The Morgan fingerprint density at radius 1 is 0.852 bits per heavy atom. The fourth-order valence-electron chi connectivity index (χ4n) is 3.95. The molecule has 3 heteroatoms. The topological polar surface area (TPSA) is 21.4 Å². The van der Waals surface area contributed by atoms with Gasteiger partial charge in [-0.2, -0.15) is 0 Å². The molecule has 0 aliphatic heterocycles. The van der Waals surface area contributed by atoms with Crippen molar-refractivity contribution in [2.24, 2.45) is 7.05 Å². The van der Waals surface area contributed by atoms with Crippen molar-refractivity contribution < 1.29 is 8.98 Å². The van der Waals surface area contributed by atoms with Crippen molar-refractivity contribution >= 4 is 38.4 Å². The van der Waals surface area contributed by atoms with Crippen molar-refractivity contribution in [3.05, 3.63) is 83.8 Å². The van der Waals surface area contributed by atoms with Crippen LogP contribution in [0.15, 0.2) is 71.3 Å². The van der Waals surface area contributed by atoms with Crippen molar-refractivity contribution in [2.45, 2.75) is 6.92 Å². The van der Waals surface area contributed by atoms with E-state index in [1.54, 1.807) is 0 Å². The molecule has 0 saturated carbocycles. The molecule has 0 atom stereocenters. The highest BCUT2D eigenvalue weighted by Crippen LogP contribution is 2.41. The Kier molecular flexibility index (Phi) is 3.29. The molecule has 27 heavy (non-hydrogen) atoms. The largest absolute Gasteiger partial charge is 0.466 e. The van der Waals surface area contributed by atoms with Gasteiger partial charge in [0.2, 0.25) is 11.4 Å². The first-order valence-corrected chi connectivity index (χ1v) is 8.89. The summed E-state index contributed by atoms with van der Waals surface area (Å²) in [5.41, 5.74) is 5.41. The lowest BCUT2D eigenvalue weighted by Gasteiger charge is -2.08. The van der Waals surface area contributed by atoms with Crippen LogP contribution in [-0.4, -0.2) is 0 Å². The van der Waals surface area contributed by atoms with Crippen molar-refractivity contribution in [3.63, 3.8) is 0 Å². The number of aryl methyl sites for hydroxylation is 2. The van der Waals surface area contributed by atoms with E-state index >= 15 is 0 Å². The SMILES string of the molecule is [C-]#[N+]c1cccc2c1oc1c(-c3c4ccccc4cc[n+]3C)c(C)ccc12. The maximum atomic E-state index is 7.46. The van der Waals surface area contributed by atoms with E-state index in [0.29, 0.717) is 11.3 Å². The summed E-state index contributed by atoms with van der Waals surface area (Å²) in [6.45, 7) is 9.57. The molecule has 2 heterocycles. The molecule has 0 spiro atoms. The monoisotopic (exact) mass is 349 g/mol. The van der Waals surface area contributed by atoms with Crippen LogP contribution in [0.25, 0.3) is 48.8 Å². The molecule has 0 bridgehead atoms. The molecule has 0 saturated heterocycles. The summed E-state index contributed by atoms with van der Waals surface area (Å²) < 4.78 is 8.46. The predicted molar refractivity (Wildman–Crippen MR) is 109 cm³/mol. The number of fused-ring (bicyclic) bond motifs is 4. The molecule has 0 fully saturated rings. The lowest BCUT2D eigenvalue weighted by Crippen LogP contribution is -2.30. The van der Waals surface area contributed by atoms with Crippen molar-refractivity contribution in [1.82, 2.24) is 0 Å². The highest BCUT2D eigenvalue weighted by molar-refractivity contribution is 6.14. The maximum Gasteiger partial charge on any atom is 0.229 e. The molecule has 0 unspecified atom stereocenters. The van der Waals surface area contributed by atoms with E-state index in [1.807, 2.05) is 18.2 Å². The van der Waals surface area contributed by atoms with Gasteiger partial charge in [-0.05, 0) is 23.9 Å². The Hall–Kier alpha value is -3.64. The van der Waals surface area contributed by atoms with Crippen LogP contribution < -0.4 is 4.57 Å². The summed E-state index contributed by atoms with van der Waals surface area (Å²) in [6.07, 6.45) is 2.09. The van der Waals surface area contributed by atoms with Gasteiger partial charge in [-0.3, -0.25) is 0 Å². The number of benzene rings is 3. The maximum absolute atomic E-state index is 7.46.